The minimum atomic E-state index is -1.53. The van der Waals surface area contributed by atoms with Gasteiger partial charge in [0.05, 0.1) is 54.0 Å². The van der Waals surface area contributed by atoms with Gasteiger partial charge in [-0.15, -0.1) is 6.58 Å². The highest BCUT2D eigenvalue weighted by Gasteiger charge is 2.65. The summed E-state index contributed by atoms with van der Waals surface area (Å²) in [5.41, 5.74) is 2.71. The second kappa shape index (κ2) is 24.7. The molecular weight excluding hydrogens is 889 g/mol. The largest absolute Gasteiger partial charge is 0.459 e. The summed E-state index contributed by atoms with van der Waals surface area (Å²) in [6.07, 6.45) is 13.6. The van der Waals surface area contributed by atoms with Crippen molar-refractivity contribution in [3.05, 3.63) is 122 Å². The van der Waals surface area contributed by atoms with E-state index >= 15 is 4.79 Å². The Morgan fingerprint density at radius 1 is 0.884 bits per heavy atom. The average Bonchev–Trinajstić information content (AvgIpc) is 3.88. The molecule has 0 saturated heterocycles. The van der Waals surface area contributed by atoms with Crippen LogP contribution in [0.4, 0.5) is 11.4 Å². The summed E-state index contributed by atoms with van der Waals surface area (Å²) in [4.78, 5) is 45.2. The van der Waals surface area contributed by atoms with E-state index in [4.69, 9.17) is 28.9 Å². The lowest BCUT2D eigenvalue weighted by Crippen LogP contribution is -2.70. The van der Waals surface area contributed by atoms with Gasteiger partial charge in [0.15, 0.2) is 0 Å². The highest BCUT2D eigenvalue weighted by atomic mass is 16.7. The zero-order chi connectivity index (χ0) is 48.8. The maximum atomic E-state index is 15.0. The molecule has 17 heteroatoms. The quantitative estimate of drug-likeness (QED) is 0.0281. The van der Waals surface area contributed by atoms with Crippen molar-refractivity contribution in [1.82, 2.24) is 4.90 Å². The molecule has 69 heavy (non-hydrogen) atoms. The minimum Gasteiger partial charge on any atom is -0.459 e. The molecule has 0 aromatic heterocycles. The Balaban J connectivity index is 1.41. The van der Waals surface area contributed by atoms with Crippen molar-refractivity contribution >= 4 is 23.0 Å². The van der Waals surface area contributed by atoms with Gasteiger partial charge in [0.1, 0.15) is 29.9 Å². The van der Waals surface area contributed by atoms with E-state index in [1.807, 2.05) is 17.0 Å². The van der Waals surface area contributed by atoms with Gasteiger partial charge in [0.2, 0.25) is 11.7 Å². The van der Waals surface area contributed by atoms with Crippen molar-refractivity contribution in [1.29, 1.82) is 0 Å². The second-order valence-corrected chi connectivity index (χ2v) is 18.4. The molecule has 7 rings (SSSR count). The molecule has 17 nitrogen and oxygen atoms in total. The van der Waals surface area contributed by atoms with E-state index < -0.39 is 27.6 Å². The SMILES string of the molecule is C=CCOC12Oc3ccc(Oc4cccc([N+](=O)[O-])c4)cc3C3C(CCCCO)C(CCCCO)C=C(C(=NOCc4ccc([N+](=O)[O-])cc4)CC1N(CCOCCO)C(=O)CCC1CCCC1)C32. The van der Waals surface area contributed by atoms with Crippen LogP contribution in [0, 0.1) is 43.9 Å². The second-order valence-electron chi connectivity index (χ2n) is 18.4. The molecule has 3 N–H and O–H groups in total. The molecule has 4 aliphatic rings. The monoisotopic (exact) mass is 954 g/mol. The fraction of sp³-hybridized carbons (Fsp3) is 0.538. The first kappa shape index (κ1) is 51.1. The Morgan fingerprint density at radius 2 is 1.62 bits per heavy atom. The van der Waals surface area contributed by atoms with Crippen LogP contribution in [0.3, 0.4) is 0 Å². The van der Waals surface area contributed by atoms with Gasteiger partial charge in [-0.25, -0.2) is 0 Å². The number of carbonyl (C=O) groups is 1. The van der Waals surface area contributed by atoms with Crippen molar-refractivity contribution in [2.45, 2.75) is 108 Å². The van der Waals surface area contributed by atoms with Crippen LogP contribution >= 0.6 is 0 Å². The summed E-state index contributed by atoms with van der Waals surface area (Å²) in [7, 11) is 0. The molecule has 3 aromatic rings. The van der Waals surface area contributed by atoms with Gasteiger partial charge in [-0.2, -0.15) is 0 Å². The highest BCUT2D eigenvalue weighted by Crippen LogP contribution is 2.62. The molecule has 1 heterocycles. The van der Waals surface area contributed by atoms with Crippen molar-refractivity contribution in [3.63, 3.8) is 0 Å². The van der Waals surface area contributed by atoms with Gasteiger partial charge >= 0.3 is 0 Å². The molecule has 3 aromatic carbocycles. The number of nitrogens with zero attached hydrogens (tertiary/aromatic N) is 4. The number of aliphatic hydroxyl groups is 3. The molecule has 372 valence electrons. The van der Waals surface area contributed by atoms with Gasteiger partial charge in [-0.3, -0.25) is 25.0 Å². The van der Waals surface area contributed by atoms with Crippen LogP contribution < -0.4 is 9.47 Å². The summed E-state index contributed by atoms with van der Waals surface area (Å²) in [5, 5.41) is 57.7. The van der Waals surface area contributed by atoms with E-state index in [2.05, 4.69) is 12.7 Å². The molecule has 6 unspecified atom stereocenters. The van der Waals surface area contributed by atoms with Crippen molar-refractivity contribution in [2.24, 2.45) is 28.8 Å². The number of non-ortho nitro benzene ring substituents is 2. The lowest BCUT2D eigenvalue weighted by atomic mass is 9.55. The Hall–Kier alpha value is -5.72. The molecule has 0 radical (unpaired) electrons. The normalized spacial score (nSPS) is 23.3. The zero-order valence-electron chi connectivity index (χ0n) is 39.2. The van der Waals surface area contributed by atoms with Gasteiger partial charge in [-0.1, -0.05) is 61.9 Å². The van der Waals surface area contributed by atoms with Crippen LogP contribution in [0.15, 0.2) is 96.2 Å². The number of aliphatic hydroxyl groups excluding tert-OH is 3. The average molecular weight is 955 g/mol. The molecule has 3 aliphatic carbocycles. The Kier molecular flexibility index (Phi) is 18.3. The summed E-state index contributed by atoms with van der Waals surface area (Å²) >= 11 is 0. The van der Waals surface area contributed by atoms with Gasteiger partial charge in [-0.05, 0) is 97.4 Å². The van der Waals surface area contributed by atoms with E-state index in [-0.39, 0.29) is 100.0 Å². The van der Waals surface area contributed by atoms with Crippen LogP contribution in [0.1, 0.15) is 101 Å². The Morgan fingerprint density at radius 3 is 2.33 bits per heavy atom. The molecule has 2 fully saturated rings. The zero-order valence-corrected chi connectivity index (χ0v) is 39.2. The first-order chi connectivity index (χ1) is 33.6. The van der Waals surface area contributed by atoms with Crippen LogP contribution in [0.25, 0.3) is 0 Å². The fourth-order valence-electron chi connectivity index (χ4n) is 11.0. The van der Waals surface area contributed by atoms with Crippen LogP contribution in [-0.2, 0) is 25.7 Å². The van der Waals surface area contributed by atoms with Gasteiger partial charge in [0, 0.05) is 62.3 Å². The number of unbranched alkanes of at least 4 members (excludes halogenated alkanes) is 2. The van der Waals surface area contributed by atoms with Gasteiger partial charge in [0.25, 0.3) is 11.4 Å². The number of carbonyl (C=O) groups excluding carboxylic acids is 1. The predicted molar refractivity (Wildman–Crippen MR) is 257 cm³/mol. The first-order valence-corrected chi connectivity index (χ1v) is 24.4. The van der Waals surface area contributed by atoms with E-state index in [1.165, 1.54) is 24.3 Å². The van der Waals surface area contributed by atoms with E-state index in [0.717, 1.165) is 56.1 Å². The van der Waals surface area contributed by atoms with Crippen molar-refractivity contribution < 1.29 is 53.7 Å². The maximum Gasteiger partial charge on any atom is 0.273 e. The number of hydrogen-bond donors (Lipinski definition) is 3. The predicted octanol–water partition coefficient (Wildman–Crippen LogP) is 8.94. The lowest BCUT2D eigenvalue weighted by molar-refractivity contribution is -0.385. The number of hydrogen-bond acceptors (Lipinski definition) is 14. The van der Waals surface area contributed by atoms with Crippen molar-refractivity contribution in [2.75, 3.05) is 46.2 Å². The van der Waals surface area contributed by atoms with Crippen LogP contribution in [-0.4, -0.2) is 99.7 Å². The number of rotatable bonds is 27. The highest BCUT2D eigenvalue weighted by molar-refractivity contribution is 6.03. The van der Waals surface area contributed by atoms with Crippen molar-refractivity contribution in [3.8, 4) is 17.2 Å². The third-order valence-electron chi connectivity index (χ3n) is 14.1. The summed E-state index contributed by atoms with van der Waals surface area (Å²) in [6, 6.07) is 16.8. The number of fused-ring (bicyclic) bond motifs is 2. The molecule has 1 aliphatic heterocycles. The summed E-state index contributed by atoms with van der Waals surface area (Å²) in [6.45, 7) is 4.36. The molecule has 1 amide bonds. The smallest absolute Gasteiger partial charge is 0.273 e. The maximum absolute atomic E-state index is 15.0. The number of benzene rings is 3. The third kappa shape index (κ3) is 12.4. The molecule has 0 bridgehead atoms. The number of amides is 1. The summed E-state index contributed by atoms with van der Waals surface area (Å²) < 4.78 is 26.7. The van der Waals surface area contributed by atoms with Gasteiger partial charge < -0.3 is 44.0 Å². The van der Waals surface area contributed by atoms with E-state index in [1.54, 1.807) is 36.4 Å². The van der Waals surface area contributed by atoms with Crippen LogP contribution in [0.2, 0.25) is 0 Å². The first-order valence-electron chi connectivity index (χ1n) is 24.4. The number of allylic oxidation sites excluding steroid dienone is 1. The standard InChI is InChI=1S/C52H66N4O13/c1-2-28-66-52-48(54(24-29-65-30-27-59)49(60)23-18-36-10-3-4-11-36)34-46(53-67-35-37-16-19-39(20-17-37)55(61)62)44-31-38(12-5-7-25-57)43(15-6-8-26-58)50(51(44)52)45-33-42(21-22-47(45)69-52)68-41-14-9-13-40(32-41)56(63)64/h2,9,13-14,16-17,19-22,31-33,36,38,43,48,50-51,57-59H,1,3-8,10-12,15,18,23-30,34-35H2. The third-order valence-corrected chi connectivity index (χ3v) is 14.1. The number of oxime groups is 1. The number of nitro benzene ring substituents is 2. The van der Waals surface area contributed by atoms with E-state index in [9.17, 15) is 35.5 Å². The molecule has 0 spiro atoms. The summed E-state index contributed by atoms with van der Waals surface area (Å²) in [5.74, 6) is -1.06. The topological polar surface area (TPSA) is 226 Å². The van der Waals surface area contributed by atoms with E-state index in [0.29, 0.717) is 60.8 Å². The molecule has 6 atom stereocenters. The number of ether oxygens (including phenoxy) is 4. The Bertz CT molecular complexity index is 2280. The lowest BCUT2D eigenvalue weighted by Gasteiger charge is -2.60. The van der Waals surface area contributed by atoms with Crippen LogP contribution in [0.5, 0.6) is 17.2 Å². The molecular formula is C52H66N4O13. The molecule has 2 saturated carbocycles. The Labute approximate surface area is 403 Å². The fourth-order valence-corrected chi connectivity index (χ4v) is 11.0. The number of nitro groups is 2. The minimum absolute atomic E-state index is 0.00602.